The van der Waals surface area contributed by atoms with E-state index in [9.17, 15) is 4.79 Å². The molecule has 2 aromatic rings. The van der Waals surface area contributed by atoms with Gasteiger partial charge < -0.3 is 4.98 Å². The minimum atomic E-state index is 0.110. The monoisotopic (exact) mass is 187 g/mol. The van der Waals surface area contributed by atoms with E-state index in [0.29, 0.717) is 0 Å². The van der Waals surface area contributed by atoms with Crippen LogP contribution in [0.3, 0.4) is 0 Å². The summed E-state index contributed by atoms with van der Waals surface area (Å²) in [4.78, 5) is 14.9. The second kappa shape index (κ2) is 3.29. The van der Waals surface area contributed by atoms with Gasteiger partial charge in [-0.3, -0.25) is 4.79 Å². The number of benzene rings is 1. The van der Waals surface area contributed by atoms with E-state index in [1.165, 1.54) is 0 Å². The zero-order valence-corrected chi connectivity index (χ0v) is 8.42. The number of aromatic nitrogens is 1. The van der Waals surface area contributed by atoms with Crippen LogP contribution in [0.2, 0.25) is 0 Å². The topological polar surface area (TPSA) is 32.9 Å². The molecule has 2 nitrogen and oxygen atoms in total. The van der Waals surface area contributed by atoms with E-state index in [1.807, 2.05) is 32.0 Å². The fourth-order valence-electron chi connectivity index (χ4n) is 1.61. The molecule has 0 fully saturated rings. The van der Waals surface area contributed by atoms with Gasteiger partial charge in [-0.05, 0) is 25.5 Å². The Morgan fingerprint density at radius 1 is 1.29 bits per heavy atom. The highest BCUT2D eigenvalue weighted by molar-refractivity contribution is 5.79. The standard InChI is InChI=1S/C12H13NO/c1-3-9-7-12(14)10-6-8(2)4-5-11(10)13-9/h4-7H,3H2,1-2H3,(H,13,14). The Hall–Kier alpha value is -1.57. The maximum absolute atomic E-state index is 11.7. The second-order valence-electron chi connectivity index (χ2n) is 3.56. The van der Waals surface area contributed by atoms with Crippen LogP contribution in [0, 0.1) is 6.92 Å². The van der Waals surface area contributed by atoms with Gasteiger partial charge in [0.1, 0.15) is 0 Å². The van der Waals surface area contributed by atoms with Crippen LogP contribution in [-0.4, -0.2) is 4.98 Å². The van der Waals surface area contributed by atoms with Crippen molar-refractivity contribution in [1.82, 2.24) is 4.98 Å². The molecule has 0 aliphatic carbocycles. The molecule has 0 unspecified atom stereocenters. The third-order valence-corrected chi connectivity index (χ3v) is 2.42. The van der Waals surface area contributed by atoms with E-state index in [1.54, 1.807) is 6.07 Å². The number of pyridine rings is 1. The molecule has 14 heavy (non-hydrogen) atoms. The molecule has 0 amide bonds. The van der Waals surface area contributed by atoms with Gasteiger partial charge in [-0.15, -0.1) is 0 Å². The molecule has 1 heterocycles. The summed E-state index contributed by atoms with van der Waals surface area (Å²) in [6.07, 6.45) is 0.860. The third kappa shape index (κ3) is 1.43. The Morgan fingerprint density at radius 3 is 2.79 bits per heavy atom. The number of aryl methyl sites for hydroxylation is 2. The van der Waals surface area contributed by atoms with Gasteiger partial charge in [0.15, 0.2) is 5.43 Å². The number of H-pyrrole nitrogens is 1. The summed E-state index contributed by atoms with van der Waals surface area (Å²) in [5.41, 5.74) is 3.15. The van der Waals surface area contributed by atoms with Crippen LogP contribution in [0.1, 0.15) is 18.2 Å². The molecule has 1 aromatic heterocycles. The molecule has 0 spiro atoms. The van der Waals surface area contributed by atoms with Crippen molar-refractivity contribution in [3.8, 4) is 0 Å². The molecule has 2 heteroatoms. The molecule has 0 aliphatic rings. The maximum atomic E-state index is 11.7. The fourth-order valence-corrected chi connectivity index (χ4v) is 1.61. The first kappa shape index (κ1) is 9.00. The summed E-state index contributed by atoms with van der Waals surface area (Å²) < 4.78 is 0. The zero-order chi connectivity index (χ0) is 10.1. The number of hydrogen-bond acceptors (Lipinski definition) is 1. The molecular weight excluding hydrogens is 174 g/mol. The maximum Gasteiger partial charge on any atom is 0.189 e. The predicted molar refractivity (Wildman–Crippen MR) is 58.7 cm³/mol. The highest BCUT2D eigenvalue weighted by Gasteiger charge is 2.00. The lowest BCUT2D eigenvalue weighted by atomic mass is 10.1. The van der Waals surface area contributed by atoms with Crippen molar-refractivity contribution in [1.29, 1.82) is 0 Å². The van der Waals surface area contributed by atoms with Gasteiger partial charge in [0.25, 0.3) is 0 Å². The van der Waals surface area contributed by atoms with E-state index in [-0.39, 0.29) is 5.43 Å². The molecule has 0 bridgehead atoms. The summed E-state index contributed by atoms with van der Waals surface area (Å²) in [6.45, 7) is 4.03. The van der Waals surface area contributed by atoms with Crippen molar-refractivity contribution in [2.24, 2.45) is 0 Å². The van der Waals surface area contributed by atoms with Crippen LogP contribution >= 0.6 is 0 Å². The van der Waals surface area contributed by atoms with Crippen molar-refractivity contribution >= 4 is 10.9 Å². The van der Waals surface area contributed by atoms with Gasteiger partial charge in [-0.2, -0.15) is 0 Å². The van der Waals surface area contributed by atoms with Crippen LogP contribution in [0.15, 0.2) is 29.1 Å². The summed E-state index contributed by atoms with van der Waals surface area (Å²) in [7, 11) is 0. The number of aromatic amines is 1. The van der Waals surface area contributed by atoms with Gasteiger partial charge in [0.05, 0.1) is 0 Å². The smallest absolute Gasteiger partial charge is 0.189 e. The molecule has 2 rings (SSSR count). The van der Waals surface area contributed by atoms with Crippen LogP contribution in [0.25, 0.3) is 10.9 Å². The minimum Gasteiger partial charge on any atom is -0.358 e. The van der Waals surface area contributed by atoms with Gasteiger partial charge in [-0.25, -0.2) is 0 Å². The number of nitrogens with one attached hydrogen (secondary N) is 1. The van der Waals surface area contributed by atoms with Crippen molar-refractivity contribution in [3.05, 3.63) is 45.7 Å². The molecule has 0 atom stereocenters. The van der Waals surface area contributed by atoms with Crippen molar-refractivity contribution in [2.75, 3.05) is 0 Å². The third-order valence-electron chi connectivity index (χ3n) is 2.42. The quantitative estimate of drug-likeness (QED) is 0.730. The van der Waals surface area contributed by atoms with E-state index < -0.39 is 0 Å². The van der Waals surface area contributed by atoms with Gasteiger partial charge in [0, 0.05) is 22.7 Å². The van der Waals surface area contributed by atoms with E-state index in [4.69, 9.17) is 0 Å². The van der Waals surface area contributed by atoms with Crippen molar-refractivity contribution < 1.29 is 0 Å². The average molecular weight is 187 g/mol. The number of fused-ring (bicyclic) bond motifs is 1. The van der Waals surface area contributed by atoms with E-state index in [0.717, 1.165) is 28.6 Å². The molecule has 0 saturated carbocycles. The first-order valence-electron chi connectivity index (χ1n) is 4.83. The SMILES string of the molecule is CCc1cc(=O)c2cc(C)ccc2[nH]1. The first-order valence-corrected chi connectivity index (χ1v) is 4.83. The van der Waals surface area contributed by atoms with Crippen LogP contribution in [-0.2, 0) is 6.42 Å². The summed E-state index contributed by atoms with van der Waals surface area (Å²) in [5, 5.41) is 0.780. The Labute approximate surface area is 82.6 Å². The normalized spacial score (nSPS) is 10.7. The second-order valence-corrected chi connectivity index (χ2v) is 3.56. The zero-order valence-electron chi connectivity index (χ0n) is 8.42. The molecule has 0 saturated heterocycles. The van der Waals surface area contributed by atoms with Crippen molar-refractivity contribution in [2.45, 2.75) is 20.3 Å². The predicted octanol–water partition coefficient (Wildman–Crippen LogP) is 2.40. The van der Waals surface area contributed by atoms with E-state index in [2.05, 4.69) is 4.98 Å². The molecular formula is C12H13NO. The molecule has 72 valence electrons. The lowest BCUT2D eigenvalue weighted by Crippen LogP contribution is -2.04. The van der Waals surface area contributed by atoms with Crippen LogP contribution in [0.4, 0.5) is 0 Å². The Morgan fingerprint density at radius 2 is 2.07 bits per heavy atom. The first-order chi connectivity index (χ1) is 6.70. The Balaban J connectivity index is 2.83. The fraction of sp³-hybridized carbons (Fsp3) is 0.250. The summed E-state index contributed by atoms with van der Waals surface area (Å²) in [6, 6.07) is 7.58. The number of rotatable bonds is 1. The lowest BCUT2D eigenvalue weighted by Gasteiger charge is -2.02. The summed E-state index contributed by atoms with van der Waals surface area (Å²) in [5.74, 6) is 0. The highest BCUT2D eigenvalue weighted by atomic mass is 16.1. The van der Waals surface area contributed by atoms with Gasteiger partial charge >= 0.3 is 0 Å². The highest BCUT2D eigenvalue weighted by Crippen LogP contribution is 2.10. The van der Waals surface area contributed by atoms with E-state index >= 15 is 0 Å². The molecule has 0 radical (unpaired) electrons. The molecule has 1 aromatic carbocycles. The lowest BCUT2D eigenvalue weighted by molar-refractivity contribution is 1.05. The largest absolute Gasteiger partial charge is 0.358 e. The minimum absolute atomic E-state index is 0.110. The van der Waals surface area contributed by atoms with Gasteiger partial charge in [-0.1, -0.05) is 18.6 Å². The Kier molecular flexibility index (Phi) is 2.12. The van der Waals surface area contributed by atoms with Crippen molar-refractivity contribution in [3.63, 3.8) is 0 Å². The number of hydrogen-bond donors (Lipinski definition) is 1. The van der Waals surface area contributed by atoms with Crippen LogP contribution < -0.4 is 5.43 Å². The molecule has 0 aliphatic heterocycles. The van der Waals surface area contributed by atoms with Crippen LogP contribution in [0.5, 0.6) is 0 Å². The molecule has 1 N–H and O–H groups in total. The average Bonchev–Trinajstić information content (AvgIpc) is 2.19. The Bertz CT molecular complexity index is 525. The van der Waals surface area contributed by atoms with Gasteiger partial charge in [0.2, 0.25) is 0 Å². The summed E-state index contributed by atoms with van der Waals surface area (Å²) >= 11 is 0.